The van der Waals surface area contributed by atoms with Crippen molar-refractivity contribution in [3.63, 3.8) is 0 Å². The molecule has 98 valence electrons. The smallest absolute Gasteiger partial charge is 0.439 e. The Labute approximate surface area is 82.8 Å². The van der Waals surface area contributed by atoms with Crippen molar-refractivity contribution in [3.8, 4) is 0 Å². The van der Waals surface area contributed by atoms with Gasteiger partial charge in [0, 0.05) is 0 Å². The second-order valence-electron chi connectivity index (χ2n) is 2.50. The van der Waals surface area contributed by atoms with Crippen LogP contribution in [0.3, 0.4) is 0 Å². The number of alkyl halides is 8. The van der Waals surface area contributed by atoms with Gasteiger partial charge in [-0.05, 0) is 0 Å². The van der Waals surface area contributed by atoms with Gasteiger partial charge in [0.25, 0.3) is 6.17 Å². The van der Waals surface area contributed by atoms with Crippen LogP contribution in [-0.2, 0) is 10.1 Å². The molecule has 12 heteroatoms. The summed E-state index contributed by atoms with van der Waals surface area (Å²) in [4.78, 5) is 0. The van der Waals surface area contributed by atoms with Crippen molar-refractivity contribution in [1.29, 1.82) is 0 Å². The molecule has 0 saturated carbocycles. The summed E-state index contributed by atoms with van der Waals surface area (Å²) < 4.78 is 124. The molecule has 3 nitrogen and oxygen atoms in total. The van der Waals surface area contributed by atoms with Crippen molar-refractivity contribution in [2.75, 3.05) is 0 Å². The van der Waals surface area contributed by atoms with E-state index in [-0.39, 0.29) is 0 Å². The maximum absolute atomic E-state index is 12.6. The highest BCUT2D eigenvalue weighted by Crippen LogP contribution is 2.47. The molecule has 2 unspecified atom stereocenters. The van der Waals surface area contributed by atoms with Crippen LogP contribution in [0.15, 0.2) is 0 Å². The molecule has 0 rings (SSSR count). The predicted octanol–water partition coefficient (Wildman–Crippen LogP) is 1.66. The van der Waals surface area contributed by atoms with E-state index in [1.807, 2.05) is 0 Å². The molecule has 0 heterocycles. The highest BCUT2D eigenvalue weighted by atomic mass is 32.2. The van der Waals surface area contributed by atoms with Gasteiger partial charge in [0.05, 0.1) is 0 Å². The highest BCUT2D eigenvalue weighted by Gasteiger charge is 2.73. The topological polar surface area (TPSA) is 57.2 Å². The van der Waals surface area contributed by atoms with Gasteiger partial charge in [-0.15, -0.1) is 0 Å². The zero-order chi connectivity index (χ0) is 13.6. The van der Waals surface area contributed by atoms with Crippen LogP contribution in [0.4, 0.5) is 35.1 Å². The Morgan fingerprint density at radius 1 is 0.938 bits per heavy atom. The van der Waals surface area contributed by atoms with Crippen molar-refractivity contribution in [2.45, 2.75) is 23.5 Å². The number of hydrogen-bond donors (Lipinski definition) is 0. The molecule has 16 heavy (non-hydrogen) atoms. The van der Waals surface area contributed by atoms with E-state index in [1.54, 1.807) is 0 Å². The van der Waals surface area contributed by atoms with E-state index in [0.717, 1.165) is 0 Å². The maximum Gasteiger partial charge on any atom is 0.439 e. The SMILES string of the molecule is O=S(=O)([O-])C(F)(C(F)C(F)(F)F)C(F)(F)F. The third kappa shape index (κ3) is 2.36. The van der Waals surface area contributed by atoms with E-state index in [2.05, 4.69) is 0 Å². The Hall–Kier alpha value is -0.650. The van der Waals surface area contributed by atoms with Crippen LogP contribution in [0, 0.1) is 0 Å². The minimum atomic E-state index is -7.24. The molecular formula is C4HF8O3S-. The molecule has 2 atom stereocenters. The summed E-state index contributed by atoms with van der Waals surface area (Å²) in [7, 11) is -7.24. The molecule has 0 aliphatic carbocycles. The summed E-state index contributed by atoms with van der Waals surface area (Å²) in [6.45, 7) is 0. The lowest BCUT2D eigenvalue weighted by Crippen LogP contribution is -2.59. The first-order chi connectivity index (χ1) is 6.65. The molecule has 0 radical (unpaired) electrons. The summed E-state index contributed by atoms with van der Waals surface area (Å²) in [5, 5.41) is -6.56. The lowest BCUT2D eigenvalue weighted by Gasteiger charge is -2.33. The van der Waals surface area contributed by atoms with Crippen LogP contribution in [0.25, 0.3) is 0 Å². The Balaban J connectivity index is 5.84. The predicted molar refractivity (Wildman–Crippen MR) is 30.5 cm³/mol. The molecular weight excluding hydrogens is 280 g/mol. The fraction of sp³-hybridized carbons (Fsp3) is 1.00. The Bertz CT molecular complexity index is 354. The third-order valence-corrected chi connectivity index (χ3v) is 2.53. The Kier molecular flexibility index (Phi) is 3.53. The lowest BCUT2D eigenvalue weighted by molar-refractivity contribution is -0.274. The second-order valence-corrected chi connectivity index (χ2v) is 4.00. The second kappa shape index (κ2) is 3.68. The van der Waals surface area contributed by atoms with Crippen molar-refractivity contribution in [3.05, 3.63) is 0 Å². The van der Waals surface area contributed by atoms with E-state index in [9.17, 15) is 48.1 Å². The first kappa shape index (κ1) is 15.3. The molecule has 0 bridgehead atoms. The largest absolute Gasteiger partial charge is 0.745 e. The molecule has 0 spiro atoms. The molecule has 0 aromatic heterocycles. The van der Waals surface area contributed by atoms with Crippen LogP contribution in [0.5, 0.6) is 0 Å². The molecule has 0 saturated heterocycles. The van der Waals surface area contributed by atoms with Gasteiger partial charge in [-0.25, -0.2) is 17.2 Å². The first-order valence-electron chi connectivity index (χ1n) is 3.07. The van der Waals surface area contributed by atoms with Gasteiger partial charge >= 0.3 is 17.4 Å². The lowest BCUT2D eigenvalue weighted by atomic mass is 10.2. The zero-order valence-corrected chi connectivity index (χ0v) is 7.55. The van der Waals surface area contributed by atoms with Crippen LogP contribution < -0.4 is 0 Å². The van der Waals surface area contributed by atoms with Gasteiger partial charge in [0.1, 0.15) is 10.1 Å². The minimum absolute atomic E-state index is 5.51. The molecule has 0 amide bonds. The third-order valence-electron chi connectivity index (χ3n) is 1.36. The minimum Gasteiger partial charge on any atom is -0.745 e. The summed E-state index contributed by atoms with van der Waals surface area (Å²) in [5.74, 6) is 0. The van der Waals surface area contributed by atoms with E-state index in [0.29, 0.717) is 0 Å². The average molecular weight is 281 g/mol. The molecule has 0 aliphatic heterocycles. The van der Waals surface area contributed by atoms with E-state index < -0.39 is 33.6 Å². The van der Waals surface area contributed by atoms with Gasteiger partial charge in [0.15, 0.2) is 0 Å². The van der Waals surface area contributed by atoms with Gasteiger partial charge < -0.3 is 4.55 Å². The molecule has 0 N–H and O–H groups in total. The standard InChI is InChI=1S/C4H2F8O3S/c5-1(3(7,8)9)2(6,4(10,11)12)16(13,14)15/h1H,(H,13,14,15)/p-1. The summed E-state index contributed by atoms with van der Waals surface area (Å²) in [6, 6.07) is 0. The normalized spacial score (nSPS) is 20.3. The summed E-state index contributed by atoms with van der Waals surface area (Å²) in [6.07, 6.45) is -18.8. The monoisotopic (exact) mass is 281 g/mol. The highest BCUT2D eigenvalue weighted by molar-refractivity contribution is 7.87. The zero-order valence-electron chi connectivity index (χ0n) is 6.73. The molecule has 0 aromatic carbocycles. The van der Waals surface area contributed by atoms with Gasteiger partial charge in [-0.1, -0.05) is 0 Å². The summed E-state index contributed by atoms with van der Waals surface area (Å²) >= 11 is 0. The van der Waals surface area contributed by atoms with Gasteiger partial charge in [-0.3, -0.25) is 0 Å². The van der Waals surface area contributed by atoms with Crippen molar-refractivity contribution in [1.82, 2.24) is 0 Å². The van der Waals surface area contributed by atoms with Crippen molar-refractivity contribution < 1.29 is 48.1 Å². The summed E-state index contributed by atoms with van der Waals surface area (Å²) in [5.41, 5.74) is 0. The first-order valence-corrected chi connectivity index (χ1v) is 4.48. The fourth-order valence-corrected chi connectivity index (χ4v) is 1.29. The van der Waals surface area contributed by atoms with E-state index in [1.165, 1.54) is 0 Å². The van der Waals surface area contributed by atoms with Gasteiger partial charge in [-0.2, -0.15) is 26.3 Å². The fourth-order valence-electron chi connectivity index (χ4n) is 0.623. The quantitative estimate of drug-likeness (QED) is 0.571. The number of halogens is 8. The number of hydrogen-bond acceptors (Lipinski definition) is 3. The van der Waals surface area contributed by atoms with Crippen molar-refractivity contribution >= 4 is 10.1 Å². The van der Waals surface area contributed by atoms with Crippen LogP contribution in [0.2, 0.25) is 0 Å². The van der Waals surface area contributed by atoms with Crippen LogP contribution in [-0.4, -0.2) is 36.5 Å². The Morgan fingerprint density at radius 3 is 1.31 bits per heavy atom. The Morgan fingerprint density at radius 2 is 1.25 bits per heavy atom. The molecule has 0 aromatic rings. The van der Waals surface area contributed by atoms with E-state index in [4.69, 9.17) is 0 Å². The van der Waals surface area contributed by atoms with Crippen LogP contribution >= 0.6 is 0 Å². The van der Waals surface area contributed by atoms with Crippen LogP contribution in [0.1, 0.15) is 0 Å². The van der Waals surface area contributed by atoms with E-state index >= 15 is 0 Å². The maximum atomic E-state index is 12.6. The average Bonchev–Trinajstić information content (AvgIpc) is 1.95. The molecule has 0 fully saturated rings. The van der Waals surface area contributed by atoms with Crippen molar-refractivity contribution in [2.24, 2.45) is 0 Å². The van der Waals surface area contributed by atoms with Gasteiger partial charge in [0.2, 0.25) is 0 Å². The number of rotatable bonds is 2. The molecule has 0 aliphatic rings.